The second-order valence-corrected chi connectivity index (χ2v) is 6.72. The van der Waals surface area contributed by atoms with E-state index in [-0.39, 0.29) is 17.9 Å². The highest BCUT2D eigenvalue weighted by Gasteiger charge is 2.18. The molecule has 2 aromatic rings. The quantitative estimate of drug-likeness (QED) is 0.593. The molecular weight excluding hydrogens is 323 g/mol. The summed E-state index contributed by atoms with van der Waals surface area (Å²) >= 11 is 0. The second kappa shape index (κ2) is 7.47. The lowest BCUT2D eigenvalue weighted by atomic mass is 10.1. The van der Waals surface area contributed by atoms with E-state index in [2.05, 4.69) is 0 Å². The van der Waals surface area contributed by atoms with Crippen LogP contribution in [0, 0.1) is 12.7 Å². The number of ether oxygens (including phenoxy) is 2. The molecule has 132 valence electrons. The van der Waals surface area contributed by atoms with Gasteiger partial charge in [-0.2, -0.15) is 0 Å². The fourth-order valence-electron chi connectivity index (χ4n) is 2.21. The van der Waals surface area contributed by atoms with E-state index in [4.69, 9.17) is 9.47 Å². The molecule has 0 radical (unpaired) electrons. The van der Waals surface area contributed by atoms with E-state index in [1.54, 1.807) is 58.0 Å². The van der Waals surface area contributed by atoms with Crippen LogP contribution in [0.1, 0.15) is 52.6 Å². The van der Waals surface area contributed by atoms with Crippen molar-refractivity contribution in [2.75, 3.05) is 0 Å². The van der Waals surface area contributed by atoms with Gasteiger partial charge in [0.05, 0.1) is 11.1 Å². The van der Waals surface area contributed by atoms with E-state index in [1.807, 2.05) is 0 Å². The molecule has 5 heteroatoms. The van der Waals surface area contributed by atoms with Crippen LogP contribution < -0.4 is 4.74 Å². The summed E-state index contributed by atoms with van der Waals surface area (Å²) in [6.45, 7) is 7.10. The molecule has 0 bridgehead atoms. The lowest BCUT2D eigenvalue weighted by Crippen LogP contribution is -2.23. The predicted octanol–water partition coefficient (Wildman–Crippen LogP) is 4.48. The van der Waals surface area contributed by atoms with Gasteiger partial charge < -0.3 is 9.47 Å². The zero-order valence-electron chi connectivity index (χ0n) is 14.8. The zero-order valence-corrected chi connectivity index (χ0v) is 14.8. The summed E-state index contributed by atoms with van der Waals surface area (Å²) in [6.07, 6.45) is 0.473. The maximum atomic E-state index is 14.2. The van der Waals surface area contributed by atoms with Crippen molar-refractivity contribution >= 4 is 12.3 Å². The van der Waals surface area contributed by atoms with Gasteiger partial charge in [0, 0.05) is 0 Å². The number of aldehydes is 1. The van der Waals surface area contributed by atoms with Crippen LogP contribution in [-0.4, -0.2) is 17.9 Å². The van der Waals surface area contributed by atoms with E-state index in [0.29, 0.717) is 23.0 Å². The van der Waals surface area contributed by atoms with Crippen LogP contribution in [-0.2, 0) is 11.3 Å². The summed E-state index contributed by atoms with van der Waals surface area (Å²) in [7, 11) is 0. The minimum absolute atomic E-state index is 0.00429. The predicted molar refractivity (Wildman–Crippen MR) is 92.5 cm³/mol. The summed E-state index contributed by atoms with van der Waals surface area (Å²) in [4.78, 5) is 23.1. The Kier molecular flexibility index (Phi) is 5.57. The molecule has 2 aromatic carbocycles. The van der Waals surface area contributed by atoms with Crippen molar-refractivity contribution < 1.29 is 23.5 Å². The van der Waals surface area contributed by atoms with E-state index < -0.39 is 17.4 Å². The van der Waals surface area contributed by atoms with Crippen LogP contribution in [0.3, 0.4) is 0 Å². The Bertz CT molecular complexity index is 791. The van der Waals surface area contributed by atoms with Gasteiger partial charge in [-0.25, -0.2) is 9.18 Å². The first-order chi connectivity index (χ1) is 11.7. The van der Waals surface area contributed by atoms with Gasteiger partial charge in [0.25, 0.3) is 0 Å². The maximum absolute atomic E-state index is 14.2. The van der Waals surface area contributed by atoms with E-state index >= 15 is 0 Å². The van der Waals surface area contributed by atoms with Crippen molar-refractivity contribution in [3.8, 4) is 5.75 Å². The molecule has 0 aliphatic rings. The number of carbonyl (C=O) groups is 2. The molecule has 0 saturated carbocycles. The Morgan fingerprint density at radius 1 is 1.20 bits per heavy atom. The third-order valence-electron chi connectivity index (χ3n) is 3.44. The number of hydrogen-bond donors (Lipinski definition) is 0. The average molecular weight is 344 g/mol. The third kappa shape index (κ3) is 4.89. The first kappa shape index (κ1) is 18.6. The SMILES string of the molecule is Cc1ccc(OCc2cccc(C(=O)OC(C)(C)C)c2)c(F)c1C=O. The molecule has 0 aliphatic heterocycles. The largest absolute Gasteiger partial charge is 0.486 e. The lowest BCUT2D eigenvalue weighted by Gasteiger charge is -2.19. The van der Waals surface area contributed by atoms with Gasteiger partial charge in [0.1, 0.15) is 12.2 Å². The third-order valence-corrected chi connectivity index (χ3v) is 3.44. The Morgan fingerprint density at radius 3 is 2.56 bits per heavy atom. The fourth-order valence-corrected chi connectivity index (χ4v) is 2.21. The summed E-state index contributed by atoms with van der Waals surface area (Å²) in [5.74, 6) is -1.12. The summed E-state index contributed by atoms with van der Waals surface area (Å²) in [6, 6.07) is 9.87. The molecule has 0 aromatic heterocycles. The molecule has 0 N–H and O–H groups in total. The number of hydrogen-bond acceptors (Lipinski definition) is 4. The Hall–Kier alpha value is -2.69. The van der Waals surface area contributed by atoms with Crippen molar-refractivity contribution in [1.29, 1.82) is 0 Å². The van der Waals surface area contributed by atoms with Gasteiger partial charge in [-0.05, 0) is 57.0 Å². The maximum Gasteiger partial charge on any atom is 0.338 e. The fraction of sp³-hybridized carbons (Fsp3) is 0.300. The molecule has 25 heavy (non-hydrogen) atoms. The Morgan fingerprint density at radius 2 is 1.92 bits per heavy atom. The van der Waals surface area contributed by atoms with Gasteiger partial charge in [0.15, 0.2) is 17.9 Å². The van der Waals surface area contributed by atoms with Crippen LogP contribution in [0.15, 0.2) is 36.4 Å². The number of rotatable bonds is 5. The van der Waals surface area contributed by atoms with Crippen molar-refractivity contribution in [2.24, 2.45) is 0 Å². The number of halogens is 1. The average Bonchev–Trinajstić information content (AvgIpc) is 2.53. The van der Waals surface area contributed by atoms with Crippen molar-refractivity contribution in [2.45, 2.75) is 39.9 Å². The summed E-state index contributed by atoms with van der Waals surface area (Å²) in [5.41, 5.74) is 1.04. The van der Waals surface area contributed by atoms with Gasteiger partial charge in [0.2, 0.25) is 0 Å². The van der Waals surface area contributed by atoms with Gasteiger partial charge >= 0.3 is 5.97 Å². The molecule has 0 fully saturated rings. The first-order valence-electron chi connectivity index (χ1n) is 7.90. The second-order valence-electron chi connectivity index (χ2n) is 6.72. The highest BCUT2D eigenvalue weighted by Crippen LogP contribution is 2.23. The molecule has 0 aliphatic carbocycles. The minimum Gasteiger partial charge on any atom is -0.486 e. The standard InChI is InChI=1S/C20H21FO4/c1-13-8-9-17(18(21)16(13)11-22)24-12-14-6-5-7-15(10-14)19(23)25-20(2,3)4/h5-11H,12H2,1-4H3. The van der Waals surface area contributed by atoms with Crippen LogP contribution in [0.2, 0.25) is 0 Å². The van der Waals surface area contributed by atoms with Crippen LogP contribution in [0.5, 0.6) is 5.75 Å². The molecule has 0 unspecified atom stereocenters. The first-order valence-corrected chi connectivity index (χ1v) is 7.90. The number of carbonyl (C=O) groups excluding carboxylic acids is 2. The zero-order chi connectivity index (χ0) is 18.6. The van der Waals surface area contributed by atoms with Gasteiger partial charge in [-0.15, -0.1) is 0 Å². The van der Waals surface area contributed by atoms with Crippen molar-refractivity contribution in [3.05, 3.63) is 64.5 Å². The number of aryl methyl sites for hydroxylation is 1. The smallest absolute Gasteiger partial charge is 0.338 e. The highest BCUT2D eigenvalue weighted by molar-refractivity contribution is 5.89. The number of benzene rings is 2. The minimum atomic E-state index is -0.682. The Balaban J connectivity index is 2.13. The molecule has 0 heterocycles. The van der Waals surface area contributed by atoms with Crippen LogP contribution in [0.25, 0.3) is 0 Å². The van der Waals surface area contributed by atoms with Crippen molar-refractivity contribution in [1.82, 2.24) is 0 Å². The monoisotopic (exact) mass is 344 g/mol. The molecular formula is C20H21FO4. The topological polar surface area (TPSA) is 52.6 Å². The van der Waals surface area contributed by atoms with Gasteiger partial charge in [-0.3, -0.25) is 4.79 Å². The van der Waals surface area contributed by atoms with Crippen molar-refractivity contribution in [3.63, 3.8) is 0 Å². The molecule has 2 rings (SSSR count). The lowest BCUT2D eigenvalue weighted by molar-refractivity contribution is 0.00692. The number of esters is 1. The van der Waals surface area contributed by atoms with E-state index in [1.165, 1.54) is 6.07 Å². The Labute approximate surface area is 146 Å². The van der Waals surface area contributed by atoms with Crippen LogP contribution in [0.4, 0.5) is 4.39 Å². The molecule has 0 spiro atoms. The highest BCUT2D eigenvalue weighted by atomic mass is 19.1. The van der Waals surface area contributed by atoms with Crippen LogP contribution >= 0.6 is 0 Å². The van der Waals surface area contributed by atoms with Gasteiger partial charge in [-0.1, -0.05) is 18.2 Å². The summed E-state index contributed by atoms with van der Waals surface area (Å²) in [5, 5.41) is 0. The molecule has 0 atom stereocenters. The normalized spacial score (nSPS) is 11.1. The molecule has 0 amide bonds. The summed E-state index contributed by atoms with van der Waals surface area (Å²) < 4.78 is 25.0. The van der Waals surface area contributed by atoms with E-state index in [0.717, 1.165) is 0 Å². The molecule has 0 saturated heterocycles. The van der Waals surface area contributed by atoms with E-state index in [9.17, 15) is 14.0 Å². The molecule has 4 nitrogen and oxygen atoms in total.